The number of esters is 1. The van der Waals surface area contributed by atoms with Crippen LogP contribution in [-0.2, 0) is 16.0 Å². The lowest BCUT2D eigenvalue weighted by Crippen LogP contribution is -2.47. The van der Waals surface area contributed by atoms with Crippen molar-refractivity contribution in [1.82, 2.24) is 4.90 Å². The molecule has 0 aliphatic carbocycles. The zero-order valence-electron chi connectivity index (χ0n) is 16.8. The topological polar surface area (TPSA) is 63.7 Å². The molecule has 0 radical (unpaired) electrons. The maximum Gasteiger partial charge on any atom is 0.330 e. The number of amides is 2. The van der Waals surface area contributed by atoms with Gasteiger partial charge in [-0.3, -0.25) is 14.5 Å². The van der Waals surface area contributed by atoms with Crippen LogP contribution >= 0.6 is 0 Å². The van der Waals surface area contributed by atoms with E-state index in [1.54, 1.807) is 31.2 Å². The quantitative estimate of drug-likeness (QED) is 0.442. The molecule has 1 aliphatic heterocycles. The van der Waals surface area contributed by atoms with Gasteiger partial charge in [0, 0.05) is 6.42 Å². The molecule has 5 nitrogen and oxygen atoms in total. The summed E-state index contributed by atoms with van der Waals surface area (Å²) in [4.78, 5) is 40.2. The minimum absolute atomic E-state index is 0.126. The van der Waals surface area contributed by atoms with Crippen LogP contribution in [0.25, 0.3) is 0 Å². The molecule has 0 aromatic heterocycles. The van der Waals surface area contributed by atoms with Crippen molar-refractivity contribution in [1.29, 1.82) is 0 Å². The third-order valence-electron chi connectivity index (χ3n) is 5.31. The van der Waals surface area contributed by atoms with Gasteiger partial charge in [0.25, 0.3) is 11.8 Å². The van der Waals surface area contributed by atoms with E-state index in [2.05, 4.69) is 0 Å². The Balaban J connectivity index is 1.63. The van der Waals surface area contributed by atoms with Crippen molar-refractivity contribution in [3.63, 3.8) is 0 Å². The van der Waals surface area contributed by atoms with Gasteiger partial charge in [-0.25, -0.2) is 9.18 Å². The predicted octanol–water partition coefficient (Wildman–Crippen LogP) is 4.34. The molecule has 3 aromatic carbocycles. The van der Waals surface area contributed by atoms with Crippen molar-refractivity contribution in [3.8, 4) is 0 Å². The summed E-state index contributed by atoms with van der Waals surface area (Å²) in [6.45, 7) is 1.66. The van der Waals surface area contributed by atoms with Gasteiger partial charge in [-0.2, -0.15) is 0 Å². The molecule has 1 aliphatic rings. The average Bonchev–Trinajstić information content (AvgIpc) is 3.03. The van der Waals surface area contributed by atoms with Crippen LogP contribution in [0.3, 0.4) is 0 Å². The molecular formula is C25H20FNO4. The summed E-state index contributed by atoms with van der Waals surface area (Å²) in [5, 5.41) is 0. The molecule has 2 atom stereocenters. The van der Waals surface area contributed by atoms with Gasteiger partial charge in [-0.1, -0.05) is 54.6 Å². The lowest BCUT2D eigenvalue weighted by Gasteiger charge is -2.26. The normalized spacial score (nSPS) is 14.8. The van der Waals surface area contributed by atoms with E-state index >= 15 is 0 Å². The fourth-order valence-electron chi connectivity index (χ4n) is 3.66. The number of carbonyl (C=O) groups excluding carboxylic acids is 3. The number of fused-ring (bicyclic) bond motifs is 1. The number of hydrogen-bond acceptors (Lipinski definition) is 4. The second-order valence-electron chi connectivity index (χ2n) is 7.36. The number of rotatable bonds is 6. The Bertz CT molecular complexity index is 1090. The number of nitrogens with zero attached hydrogens (tertiary/aromatic N) is 1. The van der Waals surface area contributed by atoms with Gasteiger partial charge >= 0.3 is 5.97 Å². The second-order valence-corrected chi connectivity index (χ2v) is 7.36. The fraction of sp³-hybridized carbons (Fsp3) is 0.160. The van der Waals surface area contributed by atoms with Crippen molar-refractivity contribution in [2.45, 2.75) is 25.5 Å². The van der Waals surface area contributed by atoms with Crippen LogP contribution in [0.1, 0.15) is 44.9 Å². The van der Waals surface area contributed by atoms with E-state index in [-0.39, 0.29) is 17.5 Å². The van der Waals surface area contributed by atoms with Crippen LogP contribution in [-0.4, -0.2) is 28.7 Å². The van der Waals surface area contributed by atoms with Crippen molar-refractivity contribution < 1.29 is 23.5 Å². The third-order valence-corrected chi connectivity index (χ3v) is 5.31. The van der Waals surface area contributed by atoms with Crippen molar-refractivity contribution in [2.24, 2.45) is 0 Å². The van der Waals surface area contributed by atoms with Crippen molar-refractivity contribution >= 4 is 17.8 Å². The number of benzene rings is 3. The third kappa shape index (κ3) is 4.10. The highest BCUT2D eigenvalue weighted by Gasteiger charge is 2.43. The SMILES string of the molecule is C[C@@H](OC(=O)[C@H](Cc1ccccc1)N1C(=O)c2ccccc2C1=O)c1ccc(F)cc1. The Hall–Kier alpha value is -3.80. The number of imide groups is 1. The van der Waals surface area contributed by atoms with Crippen LogP contribution in [0.2, 0.25) is 0 Å². The van der Waals surface area contributed by atoms with E-state index < -0.39 is 35.7 Å². The van der Waals surface area contributed by atoms with E-state index in [1.807, 2.05) is 30.3 Å². The zero-order valence-corrected chi connectivity index (χ0v) is 16.8. The molecule has 4 rings (SSSR count). The average molecular weight is 417 g/mol. The molecular weight excluding hydrogens is 397 g/mol. The molecule has 31 heavy (non-hydrogen) atoms. The smallest absolute Gasteiger partial charge is 0.330 e. The standard InChI is InChI=1S/C25H20FNO4/c1-16(18-11-13-19(26)14-12-18)31-25(30)22(15-17-7-3-2-4-8-17)27-23(28)20-9-5-6-10-21(20)24(27)29/h2-14,16,22H,15H2,1H3/t16-,22+/m1/s1. The second kappa shape index (κ2) is 8.52. The van der Waals surface area contributed by atoms with Gasteiger partial charge < -0.3 is 4.74 Å². The molecule has 0 N–H and O–H groups in total. The highest BCUT2D eigenvalue weighted by molar-refractivity contribution is 6.22. The molecule has 0 saturated carbocycles. The maximum absolute atomic E-state index is 13.2. The number of halogens is 1. The summed E-state index contributed by atoms with van der Waals surface area (Å²) in [5.41, 5.74) is 1.93. The van der Waals surface area contributed by atoms with Crippen molar-refractivity contribution in [2.75, 3.05) is 0 Å². The Morgan fingerprint density at radius 3 is 2.00 bits per heavy atom. The first kappa shape index (κ1) is 20.5. The van der Waals surface area contributed by atoms with Crippen LogP contribution < -0.4 is 0 Å². The van der Waals surface area contributed by atoms with E-state index in [0.717, 1.165) is 10.5 Å². The molecule has 156 valence electrons. The monoisotopic (exact) mass is 417 g/mol. The largest absolute Gasteiger partial charge is 0.456 e. The summed E-state index contributed by atoms with van der Waals surface area (Å²) in [6, 6.07) is 20.1. The van der Waals surface area contributed by atoms with Crippen LogP contribution in [0.5, 0.6) is 0 Å². The Labute approximate surface area is 179 Å². The molecule has 2 amide bonds. The van der Waals surface area contributed by atoms with Gasteiger partial charge in [0.1, 0.15) is 18.0 Å². The minimum atomic E-state index is -1.13. The highest BCUT2D eigenvalue weighted by atomic mass is 19.1. The Kier molecular flexibility index (Phi) is 5.62. The molecule has 0 bridgehead atoms. The van der Waals surface area contributed by atoms with Gasteiger partial charge in [-0.15, -0.1) is 0 Å². The van der Waals surface area contributed by atoms with Gasteiger partial charge in [-0.05, 0) is 42.3 Å². The molecule has 0 spiro atoms. The van der Waals surface area contributed by atoms with E-state index in [0.29, 0.717) is 5.56 Å². The lowest BCUT2D eigenvalue weighted by molar-refractivity contribution is -0.153. The molecule has 0 saturated heterocycles. The molecule has 0 unspecified atom stereocenters. The number of ether oxygens (including phenoxy) is 1. The zero-order chi connectivity index (χ0) is 22.0. The van der Waals surface area contributed by atoms with Crippen LogP contribution in [0, 0.1) is 5.82 Å². The summed E-state index contributed by atoms with van der Waals surface area (Å²) in [6.07, 6.45) is -0.553. The first-order valence-electron chi connectivity index (χ1n) is 9.92. The molecule has 3 aromatic rings. The Morgan fingerprint density at radius 1 is 0.871 bits per heavy atom. The van der Waals surface area contributed by atoms with Gasteiger partial charge in [0.2, 0.25) is 0 Å². The molecule has 1 heterocycles. The minimum Gasteiger partial charge on any atom is -0.456 e. The van der Waals surface area contributed by atoms with Crippen LogP contribution in [0.4, 0.5) is 4.39 Å². The summed E-state index contributed by atoms with van der Waals surface area (Å²) in [7, 11) is 0. The van der Waals surface area contributed by atoms with E-state index in [1.165, 1.54) is 24.3 Å². The first-order valence-corrected chi connectivity index (χ1v) is 9.92. The number of hydrogen-bond donors (Lipinski definition) is 0. The summed E-state index contributed by atoms with van der Waals surface area (Å²) >= 11 is 0. The van der Waals surface area contributed by atoms with E-state index in [9.17, 15) is 18.8 Å². The lowest BCUT2D eigenvalue weighted by atomic mass is 10.0. The molecule has 6 heteroatoms. The van der Waals surface area contributed by atoms with E-state index in [4.69, 9.17) is 4.74 Å². The Morgan fingerprint density at radius 2 is 1.42 bits per heavy atom. The van der Waals surface area contributed by atoms with Crippen molar-refractivity contribution in [3.05, 3.63) is 107 Å². The number of carbonyl (C=O) groups is 3. The predicted molar refractivity (Wildman–Crippen MR) is 112 cm³/mol. The highest BCUT2D eigenvalue weighted by Crippen LogP contribution is 2.28. The fourth-order valence-corrected chi connectivity index (χ4v) is 3.66. The summed E-state index contributed by atoms with van der Waals surface area (Å²) in [5.74, 6) is -2.13. The van der Waals surface area contributed by atoms with Crippen LogP contribution in [0.15, 0.2) is 78.9 Å². The maximum atomic E-state index is 13.2. The van der Waals surface area contributed by atoms with Gasteiger partial charge in [0.15, 0.2) is 0 Å². The summed E-state index contributed by atoms with van der Waals surface area (Å²) < 4.78 is 18.8. The van der Waals surface area contributed by atoms with Gasteiger partial charge in [0.05, 0.1) is 11.1 Å². The molecule has 0 fully saturated rings. The first-order chi connectivity index (χ1) is 15.0.